The van der Waals surface area contributed by atoms with Crippen molar-refractivity contribution in [3.05, 3.63) is 69.0 Å². The SMILES string of the molecule is CN(Cc1ccc(C(F)(F)F)c(F)c1)[C@@H]1CN(C(=O)OCCCN2CCOCC2)C[C@@H]1c1ccc(Cl)c(Cl)c1. The number of benzene rings is 2. The van der Waals surface area contributed by atoms with Crippen LogP contribution in [0.2, 0.25) is 10.0 Å². The van der Waals surface area contributed by atoms with E-state index in [1.165, 1.54) is 6.07 Å². The number of carbonyl (C=O) groups is 1. The quantitative estimate of drug-likeness (QED) is 0.282. The smallest absolute Gasteiger partial charge is 0.419 e. The summed E-state index contributed by atoms with van der Waals surface area (Å²) in [5.41, 5.74) is -0.0477. The van der Waals surface area contributed by atoms with Crippen LogP contribution in [-0.2, 0) is 22.2 Å². The van der Waals surface area contributed by atoms with Crippen LogP contribution in [-0.4, -0.2) is 86.4 Å². The summed E-state index contributed by atoms with van der Waals surface area (Å²) < 4.78 is 64.1. The van der Waals surface area contributed by atoms with E-state index in [2.05, 4.69) is 4.90 Å². The predicted octanol–water partition coefficient (Wildman–Crippen LogP) is 5.91. The van der Waals surface area contributed by atoms with Crippen LogP contribution < -0.4 is 0 Å². The highest BCUT2D eigenvalue weighted by Crippen LogP contribution is 2.36. The number of morpholine rings is 1. The third-order valence-electron chi connectivity index (χ3n) is 7.20. The molecule has 2 heterocycles. The Labute approximate surface area is 235 Å². The van der Waals surface area contributed by atoms with E-state index in [4.69, 9.17) is 32.7 Å². The molecule has 0 saturated carbocycles. The fourth-order valence-electron chi connectivity index (χ4n) is 5.11. The van der Waals surface area contributed by atoms with Crippen molar-refractivity contribution in [1.29, 1.82) is 0 Å². The Morgan fingerprint density at radius 3 is 2.51 bits per heavy atom. The summed E-state index contributed by atoms with van der Waals surface area (Å²) in [5, 5.41) is 0.782. The minimum Gasteiger partial charge on any atom is -0.449 e. The van der Waals surface area contributed by atoms with Crippen LogP contribution in [0.15, 0.2) is 36.4 Å². The number of likely N-dealkylation sites (tertiary alicyclic amines) is 1. The molecule has 0 N–H and O–H groups in total. The van der Waals surface area contributed by atoms with Gasteiger partial charge in [-0.1, -0.05) is 35.3 Å². The van der Waals surface area contributed by atoms with E-state index < -0.39 is 23.7 Å². The lowest BCUT2D eigenvalue weighted by molar-refractivity contribution is -0.140. The molecule has 2 fully saturated rings. The average molecular weight is 592 g/mol. The van der Waals surface area contributed by atoms with Crippen LogP contribution in [0.4, 0.5) is 22.4 Å². The Morgan fingerprint density at radius 1 is 1.10 bits per heavy atom. The number of amides is 1. The average Bonchev–Trinajstić information content (AvgIpc) is 3.34. The maximum atomic E-state index is 14.2. The number of likely N-dealkylation sites (N-methyl/N-ethyl adjacent to an activating group) is 1. The van der Waals surface area contributed by atoms with Crippen molar-refractivity contribution in [2.45, 2.75) is 31.1 Å². The van der Waals surface area contributed by atoms with Crippen molar-refractivity contribution in [3.63, 3.8) is 0 Å². The van der Waals surface area contributed by atoms with E-state index >= 15 is 0 Å². The molecule has 2 aliphatic heterocycles. The second-order valence-electron chi connectivity index (χ2n) is 9.90. The summed E-state index contributed by atoms with van der Waals surface area (Å²) in [6.45, 7) is 5.11. The molecule has 2 aliphatic rings. The van der Waals surface area contributed by atoms with Gasteiger partial charge in [0.05, 0.1) is 35.4 Å². The minimum atomic E-state index is -4.76. The number of hydrogen-bond donors (Lipinski definition) is 0. The lowest BCUT2D eigenvalue weighted by Crippen LogP contribution is -2.38. The largest absolute Gasteiger partial charge is 0.449 e. The molecule has 0 bridgehead atoms. The zero-order valence-electron chi connectivity index (χ0n) is 21.5. The summed E-state index contributed by atoms with van der Waals surface area (Å²) in [6.07, 6.45) is -4.49. The molecule has 1 amide bonds. The Bertz CT molecular complexity index is 1150. The van der Waals surface area contributed by atoms with E-state index in [0.717, 1.165) is 37.3 Å². The molecule has 214 valence electrons. The minimum absolute atomic E-state index is 0.176. The third kappa shape index (κ3) is 7.76. The lowest BCUT2D eigenvalue weighted by atomic mass is 9.93. The molecule has 2 atom stereocenters. The Balaban J connectivity index is 1.43. The first-order valence-corrected chi connectivity index (χ1v) is 13.5. The molecule has 12 heteroatoms. The first kappa shape index (κ1) is 29.9. The van der Waals surface area contributed by atoms with Gasteiger partial charge < -0.3 is 14.4 Å². The first-order valence-electron chi connectivity index (χ1n) is 12.8. The summed E-state index contributed by atoms with van der Waals surface area (Å²) >= 11 is 12.4. The molecular formula is C27H31Cl2F4N3O3. The number of nitrogens with zero attached hydrogens (tertiary/aromatic N) is 3. The molecule has 4 rings (SSSR count). The molecule has 39 heavy (non-hydrogen) atoms. The number of ether oxygens (including phenoxy) is 2. The molecule has 2 aromatic rings. The summed E-state index contributed by atoms with van der Waals surface area (Å²) in [4.78, 5) is 18.7. The lowest BCUT2D eigenvalue weighted by Gasteiger charge is -2.29. The van der Waals surface area contributed by atoms with Crippen LogP contribution in [0.5, 0.6) is 0 Å². The van der Waals surface area contributed by atoms with Crippen LogP contribution in [0.25, 0.3) is 0 Å². The molecule has 0 radical (unpaired) electrons. The van der Waals surface area contributed by atoms with Gasteiger partial charge in [0.2, 0.25) is 0 Å². The summed E-state index contributed by atoms with van der Waals surface area (Å²) in [6, 6.07) is 7.99. The van der Waals surface area contributed by atoms with Crippen molar-refractivity contribution in [3.8, 4) is 0 Å². The standard InChI is InChI=1S/C27H31Cl2F4N3O3/c1-34(15-18-3-5-21(24(30)13-18)27(31,32)33)25-17-36(16-20(25)19-4-6-22(28)23(29)14-19)26(37)39-10-2-7-35-8-11-38-12-9-35/h3-6,13-14,20,25H,2,7-12,15-17H2,1H3/t20-,25-/m1/s1. The second-order valence-corrected chi connectivity index (χ2v) is 10.7. The molecule has 2 aromatic carbocycles. The predicted molar refractivity (Wildman–Crippen MR) is 141 cm³/mol. The highest BCUT2D eigenvalue weighted by Gasteiger charge is 2.39. The van der Waals surface area contributed by atoms with Gasteiger partial charge in [0.1, 0.15) is 5.82 Å². The van der Waals surface area contributed by atoms with Gasteiger partial charge in [-0.05, 0) is 48.9 Å². The normalized spacial score (nSPS) is 20.6. The van der Waals surface area contributed by atoms with Crippen LogP contribution in [0, 0.1) is 5.82 Å². The van der Waals surface area contributed by atoms with Gasteiger partial charge in [-0.15, -0.1) is 0 Å². The van der Waals surface area contributed by atoms with Crippen LogP contribution in [0.3, 0.4) is 0 Å². The van der Waals surface area contributed by atoms with Gasteiger partial charge in [0, 0.05) is 51.2 Å². The number of hydrogen-bond acceptors (Lipinski definition) is 5. The van der Waals surface area contributed by atoms with Gasteiger partial charge in [-0.2, -0.15) is 13.2 Å². The summed E-state index contributed by atoms with van der Waals surface area (Å²) in [7, 11) is 1.79. The first-order chi connectivity index (χ1) is 18.5. The van der Waals surface area contributed by atoms with Gasteiger partial charge in [-0.25, -0.2) is 9.18 Å². The molecule has 6 nitrogen and oxygen atoms in total. The van der Waals surface area contributed by atoms with Gasteiger partial charge in [0.25, 0.3) is 0 Å². The maximum Gasteiger partial charge on any atom is 0.419 e. The van der Waals surface area contributed by atoms with E-state index in [-0.39, 0.29) is 25.1 Å². The fourth-order valence-corrected chi connectivity index (χ4v) is 5.42. The van der Waals surface area contributed by atoms with Crippen LogP contribution in [0.1, 0.15) is 29.0 Å². The Hall–Kier alpha value is -2.11. The van der Waals surface area contributed by atoms with Gasteiger partial charge in [0.15, 0.2) is 0 Å². The highest BCUT2D eigenvalue weighted by molar-refractivity contribution is 6.42. The van der Waals surface area contributed by atoms with E-state index in [0.29, 0.717) is 48.3 Å². The molecular weight excluding hydrogens is 561 g/mol. The maximum absolute atomic E-state index is 14.2. The van der Waals surface area contributed by atoms with Crippen molar-refractivity contribution < 1.29 is 31.8 Å². The highest BCUT2D eigenvalue weighted by atomic mass is 35.5. The zero-order valence-corrected chi connectivity index (χ0v) is 23.0. The van der Waals surface area contributed by atoms with Gasteiger partial charge in [-0.3, -0.25) is 9.80 Å². The van der Waals surface area contributed by atoms with E-state index in [9.17, 15) is 22.4 Å². The molecule has 0 aliphatic carbocycles. The summed E-state index contributed by atoms with van der Waals surface area (Å²) in [5.74, 6) is -1.49. The molecule has 0 spiro atoms. The number of halogens is 6. The van der Waals surface area contributed by atoms with E-state index in [1.807, 2.05) is 11.0 Å². The second kappa shape index (κ2) is 13.0. The Kier molecular flexibility index (Phi) is 9.98. The van der Waals surface area contributed by atoms with Crippen molar-refractivity contribution >= 4 is 29.3 Å². The number of alkyl halides is 3. The molecule has 2 saturated heterocycles. The Morgan fingerprint density at radius 2 is 1.85 bits per heavy atom. The third-order valence-corrected chi connectivity index (χ3v) is 7.94. The van der Waals surface area contributed by atoms with Gasteiger partial charge >= 0.3 is 12.3 Å². The van der Waals surface area contributed by atoms with E-state index in [1.54, 1.807) is 24.1 Å². The van der Waals surface area contributed by atoms with Crippen LogP contribution >= 0.6 is 23.2 Å². The number of carbonyl (C=O) groups excluding carboxylic acids is 1. The monoisotopic (exact) mass is 591 g/mol. The molecule has 0 aromatic heterocycles. The van der Waals surface area contributed by atoms with Crippen molar-refractivity contribution in [1.82, 2.24) is 14.7 Å². The number of rotatable bonds is 8. The van der Waals surface area contributed by atoms with Crippen molar-refractivity contribution in [2.24, 2.45) is 0 Å². The van der Waals surface area contributed by atoms with Crippen molar-refractivity contribution in [2.75, 3.05) is 59.6 Å². The zero-order chi connectivity index (χ0) is 28.2. The fraction of sp³-hybridized carbons (Fsp3) is 0.519. The topological polar surface area (TPSA) is 45.2 Å². The molecule has 0 unspecified atom stereocenters.